The highest BCUT2D eigenvalue weighted by atomic mass is 32.2. The lowest BCUT2D eigenvalue weighted by Gasteiger charge is -1.97. The molecule has 1 radical (unpaired) electrons. The normalized spacial score (nSPS) is 10.3. The van der Waals surface area contributed by atoms with Crippen LogP contribution in [0.25, 0.3) is 0 Å². The molecule has 0 spiro atoms. The van der Waals surface area contributed by atoms with E-state index in [4.69, 9.17) is 0 Å². The van der Waals surface area contributed by atoms with Crippen LogP contribution in [-0.2, 0) is 0 Å². The molecule has 0 aliphatic carbocycles. The molecule has 0 aliphatic heterocycles. The van der Waals surface area contributed by atoms with Gasteiger partial charge in [0.25, 0.3) is 0 Å². The lowest BCUT2D eigenvalue weighted by molar-refractivity contribution is 0.962. The molecule has 0 rings (SSSR count). The number of thiol groups is 2. The SMILES string of the molecule is CC[CH]CC(S)S. The van der Waals surface area contributed by atoms with Crippen LogP contribution < -0.4 is 0 Å². The Labute approximate surface area is 56.5 Å². The summed E-state index contributed by atoms with van der Waals surface area (Å²) in [4.78, 5) is 0. The molecule has 0 atom stereocenters. The van der Waals surface area contributed by atoms with Crippen LogP contribution in [0.2, 0.25) is 0 Å². The van der Waals surface area contributed by atoms with E-state index in [1.165, 1.54) is 0 Å². The second kappa shape index (κ2) is 4.85. The van der Waals surface area contributed by atoms with Crippen LogP contribution in [0.5, 0.6) is 0 Å². The summed E-state index contributed by atoms with van der Waals surface area (Å²) in [6, 6.07) is 0. The third-order valence-corrected chi connectivity index (χ3v) is 1.09. The molecule has 0 aromatic heterocycles. The van der Waals surface area contributed by atoms with Crippen molar-refractivity contribution in [3.05, 3.63) is 6.42 Å². The number of hydrogen-bond donors (Lipinski definition) is 2. The van der Waals surface area contributed by atoms with Crippen molar-refractivity contribution in [1.29, 1.82) is 0 Å². The molecule has 0 saturated carbocycles. The highest BCUT2D eigenvalue weighted by Gasteiger charge is 1.90. The van der Waals surface area contributed by atoms with E-state index in [9.17, 15) is 0 Å². The topological polar surface area (TPSA) is 0 Å². The maximum atomic E-state index is 4.07. The van der Waals surface area contributed by atoms with Gasteiger partial charge in [0.2, 0.25) is 0 Å². The molecule has 0 aliphatic rings. The molecular formula is C5H11S2. The van der Waals surface area contributed by atoms with Crippen LogP contribution >= 0.6 is 25.3 Å². The van der Waals surface area contributed by atoms with Crippen LogP contribution in [0, 0.1) is 6.42 Å². The summed E-state index contributed by atoms with van der Waals surface area (Å²) in [5.74, 6) is 0. The molecule has 2 heteroatoms. The van der Waals surface area contributed by atoms with E-state index >= 15 is 0 Å². The second-order valence-electron chi connectivity index (χ2n) is 1.41. The monoisotopic (exact) mass is 135 g/mol. The van der Waals surface area contributed by atoms with Crippen molar-refractivity contribution in [2.75, 3.05) is 0 Å². The first-order valence-electron chi connectivity index (χ1n) is 2.45. The second-order valence-corrected chi connectivity index (χ2v) is 3.07. The number of unbranched alkanes of at least 4 members (excludes halogenated alkanes) is 1. The molecule has 43 valence electrons. The van der Waals surface area contributed by atoms with Crippen molar-refractivity contribution in [1.82, 2.24) is 0 Å². The van der Waals surface area contributed by atoms with Gasteiger partial charge in [0, 0.05) is 4.58 Å². The zero-order chi connectivity index (χ0) is 5.70. The minimum atomic E-state index is 0.236. The molecule has 0 aromatic rings. The number of hydrogen-bond acceptors (Lipinski definition) is 2. The predicted octanol–water partition coefficient (Wildman–Crippen LogP) is 2.18. The van der Waals surface area contributed by atoms with E-state index in [0.29, 0.717) is 0 Å². The van der Waals surface area contributed by atoms with Crippen molar-refractivity contribution in [2.45, 2.75) is 24.3 Å². The Morgan fingerprint density at radius 3 is 2.29 bits per heavy atom. The van der Waals surface area contributed by atoms with Gasteiger partial charge >= 0.3 is 0 Å². The first-order valence-corrected chi connectivity index (χ1v) is 3.48. The van der Waals surface area contributed by atoms with Crippen LogP contribution in [0.15, 0.2) is 0 Å². The Balaban J connectivity index is 2.68. The molecule has 0 bridgehead atoms. The summed E-state index contributed by atoms with van der Waals surface area (Å²) >= 11 is 8.13. The van der Waals surface area contributed by atoms with E-state index in [0.717, 1.165) is 12.8 Å². The molecule has 0 saturated heterocycles. The molecular weight excluding hydrogens is 124 g/mol. The van der Waals surface area contributed by atoms with Crippen LogP contribution in [0.1, 0.15) is 19.8 Å². The summed E-state index contributed by atoms with van der Waals surface area (Å²) in [5, 5.41) is 0. The lowest BCUT2D eigenvalue weighted by atomic mass is 10.3. The Morgan fingerprint density at radius 2 is 2.14 bits per heavy atom. The van der Waals surface area contributed by atoms with Gasteiger partial charge in [-0.25, -0.2) is 0 Å². The maximum absolute atomic E-state index is 4.07. The van der Waals surface area contributed by atoms with Gasteiger partial charge in [0.15, 0.2) is 0 Å². The van der Waals surface area contributed by atoms with E-state index in [-0.39, 0.29) is 4.58 Å². The summed E-state index contributed by atoms with van der Waals surface area (Å²) in [5.41, 5.74) is 0. The summed E-state index contributed by atoms with van der Waals surface area (Å²) < 4.78 is 0.236. The van der Waals surface area contributed by atoms with Gasteiger partial charge in [-0.05, 0) is 12.8 Å². The zero-order valence-corrected chi connectivity index (χ0v) is 6.25. The smallest absolute Gasteiger partial charge is 0.0445 e. The predicted molar refractivity (Wildman–Crippen MR) is 41.0 cm³/mol. The molecule has 0 N–H and O–H groups in total. The third kappa shape index (κ3) is 6.70. The van der Waals surface area contributed by atoms with Gasteiger partial charge in [0.1, 0.15) is 0 Å². The minimum absolute atomic E-state index is 0.236. The first kappa shape index (κ1) is 7.70. The van der Waals surface area contributed by atoms with Crippen molar-refractivity contribution in [3.8, 4) is 0 Å². The molecule has 0 aromatic carbocycles. The molecule has 7 heavy (non-hydrogen) atoms. The van der Waals surface area contributed by atoms with Gasteiger partial charge in [0.05, 0.1) is 0 Å². The zero-order valence-electron chi connectivity index (χ0n) is 4.46. The van der Waals surface area contributed by atoms with Gasteiger partial charge < -0.3 is 0 Å². The molecule has 0 unspecified atom stereocenters. The largest absolute Gasteiger partial charge is 0.165 e. The molecule has 0 fully saturated rings. The van der Waals surface area contributed by atoms with Crippen molar-refractivity contribution in [2.24, 2.45) is 0 Å². The van der Waals surface area contributed by atoms with Crippen LogP contribution in [-0.4, -0.2) is 4.58 Å². The fraction of sp³-hybridized carbons (Fsp3) is 0.800. The Bertz CT molecular complexity index is 35.1. The van der Waals surface area contributed by atoms with Crippen LogP contribution in [0.3, 0.4) is 0 Å². The Kier molecular flexibility index (Phi) is 5.33. The fourth-order valence-electron chi connectivity index (χ4n) is 0.316. The molecule has 0 nitrogen and oxygen atoms in total. The Morgan fingerprint density at radius 1 is 1.57 bits per heavy atom. The highest BCUT2D eigenvalue weighted by molar-refractivity contribution is 7.99. The highest BCUT2D eigenvalue weighted by Crippen LogP contribution is 2.08. The quantitative estimate of drug-likeness (QED) is 0.430. The van der Waals surface area contributed by atoms with E-state index in [1.54, 1.807) is 0 Å². The van der Waals surface area contributed by atoms with E-state index in [2.05, 4.69) is 38.6 Å². The maximum Gasteiger partial charge on any atom is 0.0445 e. The van der Waals surface area contributed by atoms with Gasteiger partial charge in [-0.2, -0.15) is 25.3 Å². The minimum Gasteiger partial charge on any atom is -0.165 e. The Hall–Kier alpha value is 0.700. The fourth-order valence-corrected chi connectivity index (χ4v) is 0.614. The van der Waals surface area contributed by atoms with Crippen molar-refractivity contribution in [3.63, 3.8) is 0 Å². The van der Waals surface area contributed by atoms with Crippen molar-refractivity contribution < 1.29 is 0 Å². The first-order chi connectivity index (χ1) is 3.27. The van der Waals surface area contributed by atoms with Gasteiger partial charge in [-0.1, -0.05) is 13.3 Å². The molecule has 0 heterocycles. The van der Waals surface area contributed by atoms with Gasteiger partial charge in [-0.15, -0.1) is 0 Å². The van der Waals surface area contributed by atoms with E-state index < -0.39 is 0 Å². The summed E-state index contributed by atoms with van der Waals surface area (Å²) in [6.45, 7) is 2.12. The lowest BCUT2D eigenvalue weighted by Crippen LogP contribution is -1.84. The average molecular weight is 135 g/mol. The van der Waals surface area contributed by atoms with E-state index in [1.807, 2.05) is 0 Å². The van der Waals surface area contributed by atoms with Crippen molar-refractivity contribution >= 4 is 25.3 Å². The number of rotatable bonds is 3. The molecule has 0 amide bonds. The van der Waals surface area contributed by atoms with Gasteiger partial charge in [-0.3, -0.25) is 0 Å². The summed E-state index contributed by atoms with van der Waals surface area (Å²) in [7, 11) is 0. The average Bonchev–Trinajstić information content (AvgIpc) is 1.61. The third-order valence-electron chi connectivity index (χ3n) is 0.666. The summed E-state index contributed by atoms with van der Waals surface area (Å²) in [6.07, 6.45) is 4.30. The van der Waals surface area contributed by atoms with Crippen LogP contribution in [0.4, 0.5) is 0 Å². The standard InChI is InChI=1S/C5H11S2/c1-2-3-4-5(6)7/h3,5-7H,2,4H2,1H3.